The van der Waals surface area contributed by atoms with E-state index in [1.54, 1.807) is 27.7 Å². The van der Waals surface area contributed by atoms with E-state index in [1.165, 1.54) is 0 Å². The van der Waals surface area contributed by atoms with Crippen LogP contribution in [0.1, 0.15) is 53.4 Å². The van der Waals surface area contributed by atoms with Crippen molar-refractivity contribution in [2.24, 2.45) is 0 Å². The molecule has 0 aromatic heterocycles. The van der Waals surface area contributed by atoms with E-state index < -0.39 is 20.0 Å². The molecular formula is C10H20F2O3P+. The van der Waals surface area contributed by atoms with Crippen molar-refractivity contribution in [1.82, 2.24) is 0 Å². The molecule has 0 aliphatic rings. The highest BCUT2D eigenvalue weighted by Gasteiger charge is 2.45. The second-order valence-electron chi connectivity index (χ2n) is 3.59. The van der Waals surface area contributed by atoms with Crippen LogP contribution in [-0.2, 0) is 13.6 Å². The third-order valence-electron chi connectivity index (χ3n) is 2.59. The van der Waals surface area contributed by atoms with E-state index in [4.69, 9.17) is 0 Å². The van der Waals surface area contributed by atoms with Crippen molar-refractivity contribution in [2.75, 3.05) is 0 Å². The van der Waals surface area contributed by atoms with Gasteiger partial charge in [0.05, 0.1) is 0 Å². The quantitative estimate of drug-likeness (QED) is 0.594. The normalized spacial score (nSPS) is 12.9. The predicted octanol–water partition coefficient (Wildman–Crippen LogP) is 4.65. The highest BCUT2D eigenvalue weighted by atomic mass is 31.1. The van der Waals surface area contributed by atoms with Crippen LogP contribution in [0.3, 0.4) is 0 Å². The minimum Gasteiger partial charge on any atom is -0.207 e. The lowest BCUT2D eigenvalue weighted by Crippen LogP contribution is -2.25. The molecule has 0 rings (SSSR count). The molecule has 0 fully saturated rings. The van der Waals surface area contributed by atoms with E-state index >= 15 is 0 Å². The molecule has 0 saturated carbocycles. The van der Waals surface area contributed by atoms with Crippen LogP contribution in [-0.4, -0.2) is 11.7 Å². The van der Waals surface area contributed by atoms with Gasteiger partial charge in [0.15, 0.2) is 0 Å². The van der Waals surface area contributed by atoms with Gasteiger partial charge in [-0.3, -0.25) is 0 Å². The molecule has 0 N–H and O–H groups in total. The van der Waals surface area contributed by atoms with Gasteiger partial charge in [0.25, 0.3) is 11.7 Å². The highest BCUT2D eigenvalue weighted by Crippen LogP contribution is 2.42. The van der Waals surface area contributed by atoms with E-state index in [0.29, 0.717) is 0 Å². The van der Waals surface area contributed by atoms with Crippen molar-refractivity contribution in [3.8, 4) is 0 Å². The summed E-state index contributed by atoms with van der Waals surface area (Å²) >= 11 is 0. The fourth-order valence-corrected chi connectivity index (χ4v) is 2.13. The molecule has 0 aliphatic carbocycles. The molecule has 0 aromatic rings. The summed E-state index contributed by atoms with van der Waals surface area (Å²) in [6.07, 6.45) is 0.188. The molecule has 0 bridgehead atoms. The zero-order valence-corrected chi connectivity index (χ0v) is 11.2. The molecule has 0 radical (unpaired) electrons. The maximum Gasteiger partial charge on any atom is 0.704 e. The third kappa shape index (κ3) is 4.81. The molecule has 0 aliphatic heterocycles. The van der Waals surface area contributed by atoms with Crippen LogP contribution >= 0.6 is 8.25 Å². The molecule has 16 heavy (non-hydrogen) atoms. The minimum absolute atomic E-state index is 0.0471. The van der Waals surface area contributed by atoms with Gasteiger partial charge in [-0.2, -0.15) is 0 Å². The van der Waals surface area contributed by atoms with Gasteiger partial charge in [0.1, 0.15) is 0 Å². The summed E-state index contributed by atoms with van der Waals surface area (Å²) in [4.78, 5) is 0. The Balaban J connectivity index is 4.38. The topological polar surface area (TPSA) is 35.5 Å². The van der Waals surface area contributed by atoms with Gasteiger partial charge in [-0.05, 0) is 0 Å². The fourth-order valence-electron chi connectivity index (χ4n) is 1.04. The van der Waals surface area contributed by atoms with Crippen molar-refractivity contribution in [2.45, 2.75) is 65.1 Å². The van der Waals surface area contributed by atoms with Crippen molar-refractivity contribution in [3.63, 3.8) is 0 Å². The molecule has 0 heterocycles. The van der Waals surface area contributed by atoms with E-state index in [2.05, 4.69) is 9.05 Å². The SMILES string of the molecule is CCC(F)(CC)O[P+](=O)OC(F)(CC)CC. The van der Waals surface area contributed by atoms with Crippen LogP contribution in [0.25, 0.3) is 0 Å². The van der Waals surface area contributed by atoms with Crippen LogP contribution in [0.4, 0.5) is 8.78 Å². The average Bonchev–Trinajstić information content (AvgIpc) is 2.28. The molecule has 0 spiro atoms. The molecule has 6 heteroatoms. The highest BCUT2D eigenvalue weighted by molar-refractivity contribution is 7.33. The fraction of sp³-hybridized carbons (Fsp3) is 1.00. The molecule has 0 unspecified atom stereocenters. The maximum absolute atomic E-state index is 13.7. The van der Waals surface area contributed by atoms with Gasteiger partial charge < -0.3 is 0 Å². The Labute approximate surface area is 96.5 Å². The van der Waals surface area contributed by atoms with Gasteiger partial charge in [0.2, 0.25) is 0 Å². The molecule has 96 valence electrons. The van der Waals surface area contributed by atoms with Gasteiger partial charge in [-0.15, -0.1) is 0 Å². The number of alkyl halides is 2. The maximum atomic E-state index is 13.7. The number of rotatable bonds is 8. The van der Waals surface area contributed by atoms with E-state index in [0.717, 1.165) is 0 Å². The third-order valence-corrected chi connectivity index (χ3v) is 3.54. The summed E-state index contributed by atoms with van der Waals surface area (Å²) in [6, 6.07) is 0. The minimum atomic E-state index is -2.78. The van der Waals surface area contributed by atoms with E-state index in [-0.39, 0.29) is 25.7 Å². The zero-order valence-electron chi connectivity index (χ0n) is 10.3. The summed E-state index contributed by atoms with van der Waals surface area (Å²) < 4.78 is 47.9. The Kier molecular flexibility index (Phi) is 6.53. The van der Waals surface area contributed by atoms with Crippen molar-refractivity contribution >= 4 is 8.25 Å². The molecule has 0 saturated heterocycles. The second-order valence-corrected chi connectivity index (χ2v) is 4.40. The first kappa shape index (κ1) is 15.9. The summed E-state index contributed by atoms with van der Waals surface area (Å²) in [7, 11) is -2.78. The second kappa shape index (κ2) is 6.58. The van der Waals surface area contributed by atoms with E-state index in [9.17, 15) is 13.3 Å². The molecule has 3 nitrogen and oxygen atoms in total. The summed E-state index contributed by atoms with van der Waals surface area (Å²) in [6.45, 7) is 6.26. The largest absolute Gasteiger partial charge is 0.704 e. The van der Waals surface area contributed by atoms with Crippen LogP contribution < -0.4 is 0 Å². The van der Waals surface area contributed by atoms with Crippen LogP contribution in [0.2, 0.25) is 0 Å². The Morgan fingerprint density at radius 2 is 1.12 bits per heavy atom. The van der Waals surface area contributed by atoms with Gasteiger partial charge in [-0.25, -0.2) is 8.78 Å². The molecular weight excluding hydrogens is 237 g/mol. The van der Waals surface area contributed by atoms with Crippen molar-refractivity contribution < 1.29 is 22.4 Å². The first-order valence-electron chi connectivity index (χ1n) is 5.58. The van der Waals surface area contributed by atoms with Crippen molar-refractivity contribution in [3.05, 3.63) is 0 Å². The Bertz CT molecular complexity index is 206. The monoisotopic (exact) mass is 257 g/mol. The van der Waals surface area contributed by atoms with Crippen LogP contribution in [0.15, 0.2) is 0 Å². The Morgan fingerprint density at radius 1 is 0.875 bits per heavy atom. The number of hydrogen-bond acceptors (Lipinski definition) is 3. The molecule has 0 amide bonds. The van der Waals surface area contributed by atoms with E-state index in [1.807, 2.05) is 0 Å². The van der Waals surface area contributed by atoms with Crippen LogP contribution in [0.5, 0.6) is 0 Å². The Hall–Kier alpha value is -0.120. The first-order chi connectivity index (χ1) is 7.34. The predicted molar refractivity (Wildman–Crippen MR) is 58.6 cm³/mol. The smallest absolute Gasteiger partial charge is 0.207 e. The first-order valence-corrected chi connectivity index (χ1v) is 6.67. The van der Waals surface area contributed by atoms with Crippen molar-refractivity contribution in [1.29, 1.82) is 0 Å². The average molecular weight is 257 g/mol. The summed E-state index contributed by atoms with van der Waals surface area (Å²) in [5.74, 6) is -4.01. The molecule has 0 aromatic carbocycles. The van der Waals surface area contributed by atoms with Crippen LogP contribution in [0, 0.1) is 0 Å². The number of hydrogen-bond donors (Lipinski definition) is 0. The van der Waals surface area contributed by atoms with Gasteiger partial charge in [-0.1, -0.05) is 36.7 Å². The standard InChI is InChI=1S/C10H20F2O3P/c1-5-9(11,6-2)14-16(13)15-10(12,7-3)8-4/h5-8H2,1-4H3/q+1. The summed E-state index contributed by atoms with van der Waals surface area (Å²) in [5, 5.41) is 0. The lowest BCUT2D eigenvalue weighted by Gasteiger charge is -2.17. The Morgan fingerprint density at radius 3 is 1.31 bits per heavy atom. The number of halogens is 2. The van der Waals surface area contributed by atoms with Gasteiger partial charge in [0, 0.05) is 30.2 Å². The lowest BCUT2D eigenvalue weighted by atomic mass is 10.2. The zero-order chi connectivity index (χ0) is 12.8. The van der Waals surface area contributed by atoms with Gasteiger partial charge >= 0.3 is 8.25 Å². The molecule has 0 atom stereocenters. The lowest BCUT2D eigenvalue weighted by molar-refractivity contribution is -0.111. The summed E-state index contributed by atoms with van der Waals surface area (Å²) in [5.41, 5.74) is 0.